The molecule has 5 heteroatoms. The SMILES string of the molecule is CC1(C)CCN(c2nc3ccc(N)cc3[nH]2)CCS1. The Morgan fingerprint density at radius 2 is 2.21 bits per heavy atom. The van der Waals surface area contributed by atoms with E-state index in [1.807, 2.05) is 30.0 Å². The topological polar surface area (TPSA) is 57.9 Å². The molecule has 0 amide bonds. The number of anilines is 2. The molecule has 0 aliphatic carbocycles. The van der Waals surface area contributed by atoms with Crippen molar-refractivity contribution in [2.45, 2.75) is 25.0 Å². The predicted octanol–water partition coefficient (Wildman–Crippen LogP) is 2.87. The van der Waals surface area contributed by atoms with Crippen molar-refractivity contribution in [3.05, 3.63) is 18.2 Å². The predicted molar refractivity (Wildman–Crippen MR) is 83.9 cm³/mol. The number of imidazole rings is 1. The van der Waals surface area contributed by atoms with Crippen LogP contribution in [0.15, 0.2) is 18.2 Å². The van der Waals surface area contributed by atoms with Crippen LogP contribution >= 0.6 is 11.8 Å². The van der Waals surface area contributed by atoms with E-state index in [2.05, 4.69) is 28.7 Å². The highest BCUT2D eigenvalue weighted by molar-refractivity contribution is 8.00. The Labute approximate surface area is 117 Å². The quantitative estimate of drug-likeness (QED) is 0.786. The molecule has 2 heterocycles. The Morgan fingerprint density at radius 1 is 1.37 bits per heavy atom. The third-order valence-electron chi connectivity index (χ3n) is 3.63. The van der Waals surface area contributed by atoms with E-state index in [4.69, 9.17) is 5.73 Å². The first-order valence-corrected chi connectivity index (χ1v) is 7.66. The van der Waals surface area contributed by atoms with E-state index in [0.717, 1.165) is 41.5 Å². The minimum atomic E-state index is 0.366. The van der Waals surface area contributed by atoms with Crippen LogP contribution in [0.5, 0.6) is 0 Å². The van der Waals surface area contributed by atoms with Gasteiger partial charge in [0.05, 0.1) is 11.0 Å². The molecule has 1 aromatic heterocycles. The first-order chi connectivity index (χ1) is 9.03. The van der Waals surface area contributed by atoms with Gasteiger partial charge in [-0.2, -0.15) is 11.8 Å². The van der Waals surface area contributed by atoms with Gasteiger partial charge in [-0.1, -0.05) is 13.8 Å². The fourth-order valence-corrected chi connectivity index (χ4v) is 3.50. The fraction of sp³-hybridized carbons (Fsp3) is 0.500. The first kappa shape index (κ1) is 12.7. The summed E-state index contributed by atoms with van der Waals surface area (Å²) in [6, 6.07) is 5.82. The summed E-state index contributed by atoms with van der Waals surface area (Å²) in [5, 5.41) is 0. The van der Waals surface area contributed by atoms with Gasteiger partial charge in [-0.05, 0) is 24.6 Å². The minimum Gasteiger partial charge on any atom is -0.399 e. The smallest absolute Gasteiger partial charge is 0.203 e. The molecule has 1 saturated heterocycles. The van der Waals surface area contributed by atoms with Crippen molar-refractivity contribution in [1.82, 2.24) is 9.97 Å². The average Bonchev–Trinajstić information content (AvgIpc) is 2.67. The van der Waals surface area contributed by atoms with E-state index in [1.165, 1.54) is 6.42 Å². The van der Waals surface area contributed by atoms with Crippen LogP contribution in [0.2, 0.25) is 0 Å². The van der Waals surface area contributed by atoms with Crippen LogP contribution in [-0.4, -0.2) is 33.6 Å². The summed E-state index contributed by atoms with van der Waals surface area (Å²) in [6.07, 6.45) is 1.18. The maximum Gasteiger partial charge on any atom is 0.203 e. The second-order valence-corrected chi connectivity index (χ2v) is 7.48. The lowest BCUT2D eigenvalue weighted by Crippen LogP contribution is -2.27. The number of hydrogen-bond acceptors (Lipinski definition) is 4. The number of H-pyrrole nitrogens is 1. The average molecular weight is 276 g/mol. The van der Waals surface area contributed by atoms with Gasteiger partial charge in [-0.3, -0.25) is 0 Å². The summed E-state index contributed by atoms with van der Waals surface area (Å²) in [4.78, 5) is 10.4. The number of rotatable bonds is 1. The first-order valence-electron chi connectivity index (χ1n) is 6.68. The zero-order chi connectivity index (χ0) is 13.5. The minimum absolute atomic E-state index is 0.366. The molecule has 0 spiro atoms. The summed E-state index contributed by atoms with van der Waals surface area (Å²) < 4.78 is 0.366. The lowest BCUT2D eigenvalue weighted by molar-refractivity contribution is 0.633. The number of hydrogen-bond donors (Lipinski definition) is 2. The van der Waals surface area contributed by atoms with Crippen molar-refractivity contribution >= 4 is 34.4 Å². The highest BCUT2D eigenvalue weighted by atomic mass is 32.2. The summed E-state index contributed by atoms with van der Waals surface area (Å²) in [6.45, 7) is 6.74. The molecule has 1 aliphatic heterocycles. The second-order valence-electron chi connectivity index (χ2n) is 5.68. The second kappa shape index (κ2) is 4.63. The molecule has 2 aromatic rings. The number of thioether (sulfide) groups is 1. The molecule has 0 bridgehead atoms. The number of nitrogens with zero attached hydrogens (tertiary/aromatic N) is 2. The summed E-state index contributed by atoms with van der Waals surface area (Å²) >= 11 is 2.05. The van der Waals surface area contributed by atoms with Crippen LogP contribution in [0.1, 0.15) is 20.3 Å². The number of nitrogens with one attached hydrogen (secondary N) is 1. The Bertz CT molecular complexity index is 590. The zero-order valence-electron chi connectivity index (χ0n) is 11.4. The van der Waals surface area contributed by atoms with Crippen molar-refractivity contribution in [3.8, 4) is 0 Å². The van der Waals surface area contributed by atoms with E-state index < -0.39 is 0 Å². The van der Waals surface area contributed by atoms with Gasteiger partial charge in [0.25, 0.3) is 0 Å². The van der Waals surface area contributed by atoms with E-state index in [9.17, 15) is 0 Å². The monoisotopic (exact) mass is 276 g/mol. The molecule has 0 unspecified atom stereocenters. The van der Waals surface area contributed by atoms with E-state index >= 15 is 0 Å². The number of benzene rings is 1. The molecule has 102 valence electrons. The lowest BCUT2D eigenvalue weighted by atomic mass is 10.1. The van der Waals surface area contributed by atoms with Gasteiger partial charge in [-0.25, -0.2) is 4.98 Å². The Balaban J connectivity index is 1.87. The Morgan fingerprint density at radius 3 is 3.05 bits per heavy atom. The molecule has 0 atom stereocenters. The third kappa shape index (κ3) is 2.66. The highest BCUT2D eigenvalue weighted by Gasteiger charge is 2.24. The Hall–Kier alpha value is -1.36. The number of nitrogens with two attached hydrogens (primary N) is 1. The van der Waals surface area contributed by atoms with Gasteiger partial charge in [0.1, 0.15) is 0 Å². The molecule has 4 nitrogen and oxygen atoms in total. The standard InChI is InChI=1S/C14H20N4S/c1-14(2)5-6-18(7-8-19-14)13-16-11-4-3-10(15)9-12(11)17-13/h3-4,9H,5-8,15H2,1-2H3,(H,16,17). The zero-order valence-corrected chi connectivity index (χ0v) is 12.3. The van der Waals surface area contributed by atoms with Crippen molar-refractivity contribution in [1.29, 1.82) is 0 Å². The van der Waals surface area contributed by atoms with E-state index in [0.29, 0.717) is 4.75 Å². The molecule has 0 radical (unpaired) electrons. The number of aromatic amines is 1. The summed E-state index contributed by atoms with van der Waals surface area (Å²) in [7, 11) is 0. The van der Waals surface area contributed by atoms with Crippen LogP contribution in [0.4, 0.5) is 11.6 Å². The van der Waals surface area contributed by atoms with E-state index in [-0.39, 0.29) is 0 Å². The molecular formula is C14H20N4S. The van der Waals surface area contributed by atoms with Crippen LogP contribution in [0.3, 0.4) is 0 Å². The molecule has 19 heavy (non-hydrogen) atoms. The van der Waals surface area contributed by atoms with Crippen LogP contribution < -0.4 is 10.6 Å². The van der Waals surface area contributed by atoms with Gasteiger partial charge in [0, 0.05) is 29.3 Å². The van der Waals surface area contributed by atoms with Crippen molar-refractivity contribution < 1.29 is 0 Å². The normalized spacial score (nSPS) is 19.6. The third-order valence-corrected chi connectivity index (χ3v) is 5.00. The van der Waals surface area contributed by atoms with Gasteiger partial charge in [0.15, 0.2) is 0 Å². The Kier molecular flexibility index (Phi) is 3.09. The van der Waals surface area contributed by atoms with Gasteiger partial charge >= 0.3 is 0 Å². The van der Waals surface area contributed by atoms with Crippen LogP contribution in [0, 0.1) is 0 Å². The van der Waals surface area contributed by atoms with Gasteiger partial charge < -0.3 is 15.6 Å². The maximum atomic E-state index is 5.81. The maximum absolute atomic E-state index is 5.81. The van der Waals surface area contributed by atoms with Crippen molar-refractivity contribution in [2.75, 3.05) is 29.5 Å². The molecule has 1 fully saturated rings. The van der Waals surface area contributed by atoms with Crippen LogP contribution in [-0.2, 0) is 0 Å². The summed E-state index contributed by atoms with van der Waals surface area (Å²) in [5.74, 6) is 2.12. The van der Waals surface area contributed by atoms with Crippen LogP contribution in [0.25, 0.3) is 11.0 Å². The van der Waals surface area contributed by atoms with Crippen molar-refractivity contribution in [3.63, 3.8) is 0 Å². The largest absolute Gasteiger partial charge is 0.399 e. The molecule has 0 saturated carbocycles. The molecule has 3 N–H and O–H groups in total. The van der Waals surface area contributed by atoms with Crippen molar-refractivity contribution in [2.24, 2.45) is 0 Å². The molecule has 1 aliphatic rings. The highest BCUT2D eigenvalue weighted by Crippen LogP contribution is 2.32. The lowest BCUT2D eigenvalue weighted by Gasteiger charge is -2.22. The van der Waals surface area contributed by atoms with Gasteiger partial charge in [-0.15, -0.1) is 0 Å². The fourth-order valence-electron chi connectivity index (χ4n) is 2.40. The molecule has 1 aromatic carbocycles. The number of aromatic nitrogens is 2. The van der Waals surface area contributed by atoms with Gasteiger partial charge in [0.2, 0.25) is 5.95 Å². The number of nitrogen functional groups attached to an aromatic ring is 1. The molecule has 3 rings (SSSR count). The molecular weight excluding hydrogens is 256 g/mol. The number of fused-ring (bicyclic) bond motifs is 1. The van der Waals surface area contributed by atoms with E-state index in [1.54, 1.807) is 0 Å². The summed E-state index contributed by atoms with van der Waals surface area (Å²) in [5.41, 5.74) is 8.59.